The van der Waals surface area contributed by atoms with E-state index in [-0.39, 0.29) is 0 Å². The van der Waals surface area contributed by atoms with Crippen molar-refractivity contribution in [2.75, 3.05) is 5.73 Å². The minimum atomic E-state index is 0.643. The van der Waals surface area contributed by atoms with Crippen LogP contribution < -0.4 is 5.73 Å². The normalized spacial score (nSPS) is 11.4. The quantitative estimate of drug-likeness (QED) is 0.530. The van der Waals surface area contributed by atoms with Crippen molar-refractivity contribution in [1.82, 2.24) is 29.5 Å². The zero-order chi connectivity index (χ0) is 13.5. The van der Waals surface area contributed by atoms with Gasteiger partial charge in [0.1, 0.15) is 17.7 Å². The van der Waals surface area contributed by atoms with Crippen molar-refractivity contribution in [1.29, 1.82) is 0 Å². The molecule has 20 heavy (non-hydrogen) atoms. The molecule has 3 heterocycles. The first kappa shape index (κ1) is 10.9. The van der Waals surface area contributed by atoms with Crippen LogP contribution in [-0.2, 0) is 6.42 Å². The molecule has 0 radical (unpaired) electrons. The van der Waals surface area contributed by atoms with E-state index in [4.69, 9.17) is 5.73 Å². The van der Waals surface area contributed by atoms with Gasteiger partial charge in [-0.1, -0.05) is 12.1 Å². The number of nitrogen functional groups attached to an aromatic ring is 1. The Balaban J connectivity index is 1.82. The lowest BCUT2D eigenvalue weighted by atomic mass is 10.1. The summed E-state index contributed by atoms with van der Waals surface area (Å²) >= 11 is 0. The monoisotopic (exact) mass is 265 g/mol. The summed E-state index contributed by atoms with van der Waals surface area (Å²) < 4.78 is 1.87. The second kappa shape index (κ2) is 4.02. The van der Waals surface area contributed by atoms with Gasteiger partial charge in [-0.15, -0.1) is 10.2 Å². The van der Waals surface area contributed by atoms with Crippen LogP contribution in [0.4, 0.5) is 5.69 Å². The van der Waals surface area contributed by atoms with Gasteiger partial charge >= 0.3 is 0 Å². The molecule has 4 aromatic rings. The third-order valence-corrected chi connectivity index (χ3v) is 3.25. The summed E-state index contributed by atoms with van der Waals surface area (Å²) in [7, 11) is 0. The molecule has 3 aromatic heterocycles. The number of hydrogen-bond donors (Lipinski definition) is 2. The number of nitrogens with zero attached hydrogens (tertiary/aromatic N) is 5. The summed E-state index contributed by atoms with van der Waals surface area (Å²) in [6.07, 6.45) is 3.97. The third-order valence-electron chi connectivity index (χ3n) is 3.25. The van der Waals surface area contributed by atoms with E-state index in [2.05, 4.69) is 25.1 Å². The van der Waals surface area contributed by atoms with Gasteiger partial charge in [0.05, 0.1) is 6.33 Å². The molecule has 7 nitrogen and oxygen atoms in total. The molecule has 0 atom stereocenters. The van der Waals surface area contributed by atoms with Crippen LogP contribution in [0.5, 0.6) is 0 Å². The van der Waals surface area contributed by atoms with Crippen LogP contribution in [-0.4, -0.2) is 29.5 Å². The minimum absolute atomic E-state index is 0.643. The van der Waals surface area contributed by atoms with E-state index in [1.54, 1.807) is 12.7 Å². The van der Waals surface area contributed by atoms with Crippen LogP contribution in [0.2, 0.25) is 0 Å². The van der Waals surface area contributed by atoms with Gasteiger partial charge in [-0.2, -0.15) is 0 Å². The number of anilines is 1. The molecule has 0 amide bonds. The predicted octanol–water partition coefficient (Wildman–Crippen LogP) is 1.17. The highest BCUT2D eigenvalue weighted by atomic mass is 15.3. The third kappa shape index (κ3) is 1.60. The first-order valence-electron chi connectivity index (χ1n) is 6.17. The largest absolute Gasteiger partial charge is 0.399 e. The predicted molar refractivity (Wildman–Crippen MR) is 74.1 cm³/mol. The Hall–Kier alpha value is -2.96. The van der Waals surface area contributed by atoms with E-state index in [1.807, 2.05) is 28.7 Å². The zero-order valence-electron chi connectivity index (χ0n) is 10.5. The zero-order valence-corrected chi connectivity index (χ0v) is 10.5. The Morgan fingerprint density at radius 1 is 1.10 bits per heavy atom. The maximum Gasteiger partial charge on any atom is 0.189 e. The van der Waals surface area contributed by atoms with Crippen molar-refractivity contribution >= 4 is 22.5 Å². The standard InChI is InChI=1S/C13H11N7/c14-9-3-1-8(2-4-9)5-10-18-19-13-11-12(16-6-15-11)17-7-20(10)13/h1-4,6-7H,5,14H2,(H,15,16). The van der Waals surface area contributed by atoms with Crippen molar-refractivity contribution in [2.45, 2.75) is 6.42 Å². The molecule has 0 bridgehead atoms. The molecular formula is C13H11N7. The Kier molecular flexibility index (Phi) is 2.19. The summed E-state index contributed by atoms with van der Waals surface area (Å²) in [5, 5.41) is 8.45. The van der Waals surface area contributed by atoms with Gasteiger partial charge in [-0.25, -0.2) is 9.97 Å². The first-order valence-corrected chi connectivity index (χ1v) is 6.17. The Labute approximate surface area is 113 Å². The molecule has 0 saturated carbocycles. The number of hydrogen-bond acceptors (Lipinski definition) is 5. The average molecular weight is 265 g/mol. The number of imidazole rings is 1. The van der Waals surface area contributed by atoms with Gasteiger partial charge in [-0.05, 0) is 17.7 Å². The molecule has 0 aliphatic rings. The fourth-order valence-corrected chi connectivity index (χ4v) is 2.22. The summed E-state index contributed by atoms with van der Waals surface area (Å²) in [6.45, 7) is 0. The molecule has 0 saturated heterocycles. The number of nitrogens with two attached hydrogens (primary N) is 1. The SMILES string of the molecule is Nc1ccc(Cc2nnc3c4[nH]cnc4ncn23)cc1. The van der Waals surface area contributed by atoms with Crippen LogP contribution >= 0.6 is 0 Å². The van der Waals surface area contributed by atoms with Crippen LogP contribution in [0.25, 0.3) is 16.8 Å². The molecule has 0 unspecified atom stereocenters. The number of fused-ring (bicyclic) bond motifs is 3. The highest BCUT2D eigenvalue weighted by Crippen LogP contribution is 2.15. The summed E-state index contributed by atoms with van der Waals surface area (Å²) in [6, 6.07) is 7.73. The fourth-order valence-electron chi connectivity index (χ4n) is 2.22. The van der Waals surface area contributed by atoms with Crippen LogP contribution in [0.15, 0.2) is 36.9 Å². The topological polar surface area (TPSA) is 97.8 Å². The lowest BCUT2D eigenvalue weighted by Crippen LogP contribution is -1.98. The van der Waals surface area contributed by atoms with E-state index in [9.17, 15) is 0 Å². The summed E-state index contributed by atoms with van der Waals surface area (Å²) in [5.41, 5.74) is 9.73. The molecule has 0 aliphatic heterocycles. The van der Waals surface area contributed by atoms with E-state index in [0.717, 1.165) is 28.2 Å². The van der Waals surface area contributed by atoms with E-state index in [0.29, 0.717) is 12.1 Å². The Bertz CT molecular complexity index is 888. The van der Waals surface area contributed by atoms with Gasteiger partial charge in [-0.3, -0.25) is 4.40 Å². The highest BCUT2D eigenvalue weighted by molar-refractivity contribution is 5.84. The lowest BCUT2D eigenvalue weighted by Gasteiger charge is -2.01. The molecule has 0 aliphatic carbocycles. The minimum Gasteiger partial charge on any atom is -0.399 e. The Morgan fingerprint density at radius 3 is 2.80 bits per heavy atom. The molecule has 1 aromatic carbocycles. The number of rotatable bonds is 2. The molecule has 3 N–H and O–H groups in total. The molecule has 7 heteroatoms. The average Bonchev–Trinajstić information content (AvgIpc) is 3.07. The van der Waals surface area contributed by atoms with Crippen molar-refractivity contribution in [3.8, 4) is 0 Å². The van der Waals surface area contributed by atoms with E-state index >= 15 is 0 Å². The fraction of sp³-hybridized carbons (Fsp3) is 0.0769. The lowest BCUT2D eigenvalue weighted by molar-refractivity contribution is 0.922. The smallest absolute Gasteiger partial charge is 0.189 e. The first-order chi connectivity index (χ1) is 9.81. The van der Waals surface area contributed by atoms with Gasteiger partial charge in [0.25, 0.3) is 0 Å². The van der Waals surface area contributed by atoms with E-state index in [1.165, 1.54) is 0 Å². The number of H-pyrrole nitrogens is 1. The summed E-state index contributed by atoms with van der Waals surface area (Å²) in [4.78, 5) is 11.4. The van der Waals surface area contributed by atoms with Gasteiger partial charge in [0, 0.05) is 12.1 Å². The van der Waals surface area contributed by atoms with Crippen molar-refractivity contribution < 1.29 is 0 Å². The summed E-state index contributed by atoms with van der Waals surface area (Å²) in [5.74, 6) is 0.828. The van der Waals surface area contributed by atoms with Gasteiger partial charge < -0.3 is 10.7 Å². The molecule has 4 rings (SSSR count). The van der Waals surface area contributed by atoms with Crippen LogP contribution in [0, 0.1) is 0 Å². The Morgan fingerprint density at radius 2 is 1.95 bits per heavy atom. The molecule has 0 spiro atoms. The van der Waals surface area contributed by atoms with E-state index < -0.39 is 0 Å². The van der Waals surface area contributed by atoms with Gasteiger partial charge in [0.2, 0.25) is 0 Å². The van der Waals surface area contributed by atoms with Crippen LogP contribution in [0.3, 0.4) is 0 Å². The highest BCUT2D eigenvalue weighted by Gasteiger charge is 2.11. The molecule has 0 fully saturated rings. The maximum atomic E-state index is 5.69. The number of aromatic amines is 1. The number of nitrogens with one attached hydrogen (secondary N) is 1. The molecular weight excluding hydrogens is 254 g/mol. The maximum absolute atomic E-state index is 5.69. The van der Waals surface area contributed by atoms with Crippen LogP contribution in [0.1, 0.15) is 11.4 Å². The number of benzene rings is 1. The molecule has 98 valence electrons. The van der Waals surface area contributed by atoms with Crippen molar-refractivity contribution in [3.63, 3.8) is 0 Å². The van der Waals surface area contributed by atoms with Gasteiger partial charge in [0.15, 0.2) is 11.3 Å². The van der Waals surface area contributed by atoms with Crippen molar-refractivity contribution in [3.05, 3.63) is 48.3 Å². The second-order valence-corrected chi connectivity index (χ2v) is 4.57. The van der Waals surface area contributed by atoms with Crippen molar-refractivity contribution in [2.24, 2.45) is 0 Å². The second-order valence-electron chi connectivity index (χ2n) is 4.57. The number of aromatic nitrogens is 6.